The normalized spacial score (nSPS) is 25.1. The third kappa shape index (κ3) is 2.40. The molecule has 0 spiro atoms. The SMILES string of the molecule is Cc1oc(C)c(S(=O)(=O)N2C(C)CCCC2C)c1CN. The molecule has 0 bridgehead atoms. The van der Waals surface area contributed by atoms with Gasteiger partial charge in [0.15, 0.2) is 0 Å². The lowest BCUT2D eigenvalue weighted by atomic mass is 10.0. The lowest BCUT2D eigenvalue weighted by Gasteiger charge is -2.37. The molecule has 0 aromatic carbocycles. The van der Waals surface area contributed by atoms with E-state index in [0.29, 0.717) is 17.1 Å². The van der Waals surface area contributed by atoms with Gasteiger partial charge in [0.05, 0.1) is 0 Å². The first-order valence-electron chi connectivity index (χ1n) is 7.13. The molecule has 1 aromatic rings. The van der Waals surface area contributed by atoms with Gasteiger partial charge in [0.1, 0.15) is 16.4 Å². The standard InChI is InChI=1S/C14H24N2O3S/c1-9-6-5-7-10(2)16(9)20(17,18)14-12(4)19-11(3)13(14)8-15/h9-10H,5-8,15H2,1-4H3. The maximum absolute atomic E-state index is 13.0. The van der Waals surface area contributed by atoms with Crippen LogP contribution in [0, 0.1) is 13.8 Å². The summed E-state index contributed by atoms with van der Waals surface area (Å²) < 4.78 is 33.2. The van der Waals surface area contributed by atoms with Crippen LogP contribution in [0.15, 0.2) is 9.31 Å². The minimum Gasteiger partial charge on any atom is -0.465 e. The molecule has 1 aromatic heterocycles. The Morgan fingerprint density at radius 3 is 2.25 bits per heavy atom. The van der Waals surface area contributed by atoms with Crippen molar-refractivity contribution in [3.63, 3.8) is 0 Å². The summed E-state index contributed by atoms with van der Waals surface area (Å²) in [6.07, 6.45) is 2.87. The largest absolute Gasteiger partial charge is 0.465 e. The van der Waals surface area contributed by atoms with Crippen LogP contribution in [0.5, 0.6) is 0 Å². The van der Waals surface area contributed by atoms with Crippen molar-refractivity contribution in [1.82, 2.24) is 4.31 Å². The highest BCUT2D eigenvalue weighted by Crippen LogP contribution is 2.34. The maximum atomic E-state index is 13.0. The fourth-order valence-corrected chi connectivity index (χ4v) is 5.57. The highest BCUT2D eigenvalue weighted by Gasteiger charge is 2.39. The molecule has 1 aliphatic rings. The molecule has 2 unspecified atom stereocenters. The zero-order chi connectivity index (χ0) is 15.1. The lowest BCUT2D eigenvalue weighted by Crippen LogP contribution is -2.47. The van der Waals surface area contributed by atoms with Gasteiger partial charge in [-0.2, -0.15) is 4.31 Å². The van der Waals surface area contributed by atoms with Gasteiger partial charge in [-0.3, -0.25) is 0 Å². The average Bonchev–Trinajstić information content (AvgIpc) is 2.63. The number of hydrogen-bond donors (Lipinski definition) is 1. The van der Waals surface area contributed by atoms with Crippen molar-refractivity contribution in [2.75, 3.05) is 0 Å². The van der Waals surface area contributed by atoms with Gasteiger partial charge in [-0.05, 0) is 40.5 Å². The number of nitrogens with two attached hydrogens (primary N) is 1. The monoisotopic (exact) mass is 300 g/mol. The molecule has 1 fully saturated rings. The molecule has 2 N–H and O–H groups in total. The summed E-state index contributed by atoms with van der Waals surface area (Å²) >= 11 is 0. The predicted octanol–water partition coefficient (Wildman–Crippen LogP) is 2.31. The Balaban J connectivity index is 2.55. The number of sulfonamides is 1. The highest BCUT2D eigenvalue weighted by atomic mass is 32.2. The van der Waals surface area contributed by atoms with E-state index in [-0.39, 0.29) is 23.5 Å². The maximum Gasteiger partial charge on any atom is 0.247 e. The molecule has 1 saturated heterocycles. The van der Waals surface area contributed by atoms with Gasteiger partial charge in [0.2, 0.25) is 10.0 Å². The molecule has 6 heteroatoms. The molecule has 5 nitrogen and oxygen atoms in total. The number of aryl methyl sites for hydroxylation is 2. The molecule has 0 saturated carbocycles. The Hall–Kier alpha value is -0.850. The molecule has 0 aliphatic carbocycles. The summed E-state index contributed by atoms with van der Waals surface area (Å²) in [4.78, 5) is 0.276. The predicted molar refractivity (Wildman–Crippen MR) is 77.9 cm³/mol. The third-order valence-electron chi connectivity index (χ3n) is 4.18. The molecule has 0 radical (unpaired) electrons. The minimum absolute atomic E-state index is 0.0176. The second-order valence-corrected chi connectivity index (χ2v) is 7.47. The summed E-state index contributed by atoms with van der Waals surface area (Å²) in [5.41, 5.74) is 6.32. The molecular formula is C14H24N2O3S. The number of hydrogen-bond acceptors (Lipinski definition) is 4. The van der Waals surface area contributed by atoms with Crippen LogP contribution in [-0.2, 0) is 16.6 Å². The Bertz CT molecular complexity index is 582. The molecule has 20 heavy (non-hydrogen) atoms. The van der Waals surface area contributed by atoms with Crippen molar-refractivity contribution in [3.05, 3.63) is 17.1 Å². The van der Waals surface area contributed by atoms with Crippen LogP contribution in [0.25, 0.3) is 0 Å². The van der Waals surface area contributed by atoms with E-state index in [4.69, 9.17) is 10.2 Å². The molecule has 114 valence electrons. The van der Waals surface area contributed by atoms with E-state index >= 15 is 0 Å². The van der Waals surface area contributed by atoms with Gasteiger partial charge in [-0.1, -0.05) is 6.42 Å². The van der Waals surface area contributed by atoms with Crippen molar-refractivity contribution in [3.8, 4) is 0 Å². The second kappa shape index (κ2) is 5.50. The van der Waals surface area contributed by atoms with Crippen LogP contribution in [0.2, 0.25) is 0 Å². The topological polar surface area (TPSA) is 76.5 Å². The van der Waals surface area contributed by atoms with Crippen LogP contribution in [0.1, 0.15) is 50.2 Å². The van der Waals surface area contributed by atoms with Crippen molar-refractivity contribution in [2.45, 2.75) is 70.5 Å². The van der Waals surface area contributed by atoms with E-state index < -0.39 is 10.0 Å². The number of furan rings is 1. The van der Waals surface area contributed by atoms with Gasteiger partial charge in [0.25, 0.3) is 0 Å². The first-order chi connectivity index (χ1) is 9.30. The van der Waals surface area contributed by atoms with Crippen LogP contribution >= 0.6 is 0 Å². The Morgan fingerprint density at radius 2 is 1.75 bits per heavy atom. The van der Waals surface area contributed by atoms with Crippen molar-refractivity contribution < 1.29 is 12.8 Å². The summed E-state index contributed by atoms with van der Waals surface area (Å²) in [5.74, 6) is 1.04. The molecule has 2 rings (SSSR count). The molecule has 2 heterocycles. The number of rotatable bonds is 3. The number of nitrogens with zero attached hydrogens (tertiary/aromatic N) is 1. The Labute approximate surface area is 121 Å². The second-order valence-electron chi connectivity index (χ2n) is 5.69. The molecule has 1 aliphatic heterocycles. The fraction of sp³-hybridized carbons (Fsp3) is 0.714. The Morgan fingerprint density at radius 1 is 1.20 bits per heavy atom. The van der Waals surface area contributed by atoms with Crippen LogP contribution < -0.4 is 5.73 Å². The fourth-order valence-electron chi connectivity index (χ4n) is 3.26. The van der Waals surface area contributed by atoms with E-state index in [1.165, 1.54) is 0 Å². The van der Waals surface area contributed by atoms with E-state index in [2.05, 4.69) is 0 Å². The summed E-state index contributed by atoms with van der Waals surface area (Å²) in [6.45, 7) is 7.57. The first-order valence-corrected chi connectivity index (χ1v) is 8.57. The van der Waals surface area contributed by atoms with E-state index in [9.17, 15) is 8.42 Å². The van der Waals surface area contributed by atoms with Crippen molar-refractivity contribution in [2.24, 2.45) is 5.73 Å². The highest BCUT2D eigenvalue weighted by molar-refractivity contribution is 7.89. The van der Waals surface area contributed by atoms with Gasteiger partial charge >= 0.3 is 0 Å². The van der Waals surface area contributed by atoms with Gasteiger partial charge in [-0.25, -0.2) is 8.42 Å². The smallest absolute Gasteiger partial charge is 0.247 e. The third-order valence-corrected chi connectivity index (χ3v) is 6.50. The summed E-state index contributed by atoms with van der Waals surface area (Å²) in [5, 5.41) is 0. The quantitative estimate of drug-likeness (QED) is 0.929. The zero-order valence-corrected chi connectivity index (χ0v) is 13.5. The van der Waals surface area contributed by atoms with E-state index in [1.807, 2.05) is 13.8 Å². The van der Waals surface area contributed by atoms with Crippen molar-refractivity contribution >= 4 is 10.0 Å². The first kappa shape index (κ1) is 15.5. The van der Waals surface area contributed by atoms with Crippen LogP contribution in [0.3, 0.4) is 0 Å². The summed E-state index contributed by atoms with van der Waals surface area (Å²) in [6, 6.07) is 0.0351. The Kier molecular flexibility index (Phi) is 4.27. The molecule has 2 atom stereocenters. The van der Waals surface area contributed by atoms with Gasteiger partial charge < -0.3 is 10.2 Å². The lowest BCUT2D eigenvalue weighted by molar-refractivity contribution is 0.204. The number of piperidine rings is 1. The van der Waals surface area contributed by atoms with E-state index in [0.717, 1.165) is 19.3 Å². The molecular weight excluding hydrogens is 276 g/mol. The average molecular weight is 300 g/mol. The van der Waals surface area contributed by atoms with Crippen molar-refractivity contribution in [1.29, 1.82) is 0 Å². The summed E-state index contributed by atoms with van der Waals surface area (Å²) in [7, 11) is -3.55. The van der Waals surface area contributed by atoms with Crippen LogP contribution in [-0.4, -0.2) is 24.8 Å². The van der Waals surface area contributed by atoms with E-state index in [1.54, 1.807) is 18.2 Å². The van der Waals surface area contributed by atoms with Crippen LogP contribution in [0.4, 0.5) is 0 Å². The van der Waals surface area contributed by atoms with Gasteiger partial charge in [-0.15, -0.1) is 0 Å². The zero-order valence-electron chi connectivity index (χ0n) is 12.6. The molecule has 0 amide bonds. The minimum atomic E-state index is -3.55. The van der Waals surface area contributed by atoms with Gasteiger partial charge in [0, 0.05) is 24.2 Å².